The minimum absolute atomic E-state index is 0.00556. The third-order valence-corrected chi connectivity index (χ3v) is 4.80. The van der Waals surface area contributed by atoms with Crippen LogP contribution in [0.1, 0.15) is 12.8 Å². The van der Waals surface area contributed by atoms with E-state index in [9.17, 15) is 22.9 Å². The lowest BCUT2D eigenvalue weighted by atomic mass is 10.1. The molecule has 1 heterocycles. The molecule has 0 saturated carbocycles. The molecule has 6 nitrogen and oxygen atoms in total. The molecule has 1 unspecified atom stereocenters. The summed E-state index contributed by atoms with van der Waals surface area (Å²) in [4.78, 5) is 9.67. The van der Waals surface area contributed by atoms with E-state index in [1.807, 2.05) is 0 Å². The van der Waals surface area contributed by atoms with E-state index in [1.54, 1.807) is 0 Å². The number of nitrogens with one attached hydrogen (secondary N) is 1. The fraction of sp³-hybridized carbons (Fsp3) is 0.455. The van der Waals surface area contributed by atoms with Gasteiger partial charge in [-0.15, -0.1) is 0 Å². The standard InChI is InChI=1S/C11H13FN2O4S/c12-10-6-8(3-4-11(10)14(15)16)13-9-2-1-5-19(17,18)7-9/h3-4,6,9,13H,1-2,5,7H2. The number of hydrogen-bond donors (Lipinski definition) is 1. The Morgan fingerprint density at radius 1 is 1.42 bits per heavy atom. The molecular weight excluding hydrogens is 275 g/mol. The molecule has 8 heteroatoms. The summed E-state index contributed by atoms with van der Waals surface area (Å²) in [7, 11) is -3.05. The van der Waals surface area contributed by atoms with Crippen molar-refractivity contribution in [3.63, 3.8) is 0 Å². The van der Waals surface area contributed by atoms with E-state index in [0.717, 1.165) is 12.1 Å². The second kappa shape index (κ2) is 5.12. The van der Waals surface area contributed by atoms with Crippen LogP contribution in [0.5, 0.6) is 0 Å². The van der Waals surface area contributed by atoms with E-state index in [2.05, 4.69) is 5.32 Å². The van der Waals surface area contributed by atoms with Gasteiger partial charge in [-0.3, -0.25) is 10.1 Å². The van der Waals surface area contributed by atoms with Gasteiger partial charge in [0.15, 0.2) is 9.84 Å². The van der Waals surface area contributed by atoms with Crippen LogP contribution in [0.2, 0.25) is 0 Å². The van der Waals surface area contributed by atoms with Gasteiger partial charge in [-0.2, -0.15) is 4.39 Å². The monoisotopic (exact) mass is 288 g/mol. The predicted octanol–water partition coefficient (Wildman–Crippen LogP) is 1.72. The van der Waals surface area contributed by atoms with Gasteiger partial charge in [0, 0.05) is 23.9 Å². The minimum Gasteiger partial charge on any atom is -0.381 e. The number of rotatable bonds is 3. The Hall–Kier alpha value is -1.70. The first-order valence-corrected chi connectivity index (χ1v) is 7.60. The summed E-state index contributed by atoms with van der Waals surface area (Å²) in [5, 5.41) is 13.4. The third kappa shape index (κ3) is 3.40. The lowest BCUT2D eigenvalue weighted by molar-refractivity contribution is -0.387. The second-order valence-corrected chi connectivity index (χ2v) is 6.75. The van der Waals surface area contributed by atoms with Gasteiger partial charge in [0.05, 0.1) is 16.4 Å². The molecule has 0 amide bonds. The molecule has 0 aliphatic carbocycles. The number of sulfone groups is 1. The van der Waals surface area contributed by atoms with Gasteiger partial charge >= 0.3 is 5.69 Å². The van der Waals surface area contributed by atoms with Crippen LogP contribution < -0.4 is 5.32 Å². The Bertz CT molecular complexity index is 603. The van der Waals surface area contributed by atoms with Gasteiger partial charge in [-0.05, 0) is 18.9 Å². The van der Waals surface area contributed by atoms with Crippen LogP contribution >= 0.6 is 0 Å². The SMILES string of the molecule is O=[N+]([O-])c1ccc(NC2CCCS(=O)(=O)C2)cc1F. The summed E-state index contributed by atoms with van der Waals surface area (Å²) in [6.07, 6.45) is 1.24. The number of halogens is 1. The molecule has 1 aliphatic rings. The molecule has 19 heavy (non-hydrogen) atoms. The highest BCUT2D eigenvalue weighted by Crippen LogP contribution is 2.23. The van der Waals surface area contributed by atoms with Gasteiger partial charge in [0.25, 0.3) is 0 Å². The second-order valence-electron chi connectivity index (χ2n) is 4.52. The number of anilines is 1. The van der Waals surface area contributed by atoms with Crippen molar-refractivity contribution < 1.29 is 17.7 Å². The summed E-state index contributed by atoms with van der Waals surface area (Å²) in [6, 6.07) is 3.18. The van der Waals surface area contributed by atoms with Crippen LogP contribution in [0.25, 0.3) is 0 Å². The number of benzene rings is 1. The Kier molecular flexibility index (Phi) is 3.70. The minimum atomic E-state index is -3.05. The molecule has 1 aromatic carbocycles. The van der Waals surface area contributed by atoms with Crippen molar-refractivity contribution in [2.24, 2.45) is 0 Å². The van der Waals surface area contributed by atoms with Crippen molar-refractivity contribution in [1.82, 2.24) is 0 Å². The molecule has 0 radical (unpaired) electrons. The van der Waals surface area contributed by atoms with Gasteiger partial charge in [-0.25, -0.2) is 8.42 Å². The van der Waals surface area contributed by atoms with Crippen molar-refractivity contribution >= 4 is 21.2 Å². The summed E-state index contributed by atoms with van der Waals surface area (Å²) >= 11 is 0. The maximum Gasteiger partial charge on any atom is 0.304 e. The van der Waals surface area contributed by atoms with E-state index in [-0.39, 0.29) is 17.5 Å². The van der Waals surface area contributed by atoms with E-state index < -0.39 is 26.3 Å². The highest BCUT2D eigenvalue weighted by Gasteiger charge is 2.25. The fourth-order valence-corrected chi connectivity index (χ4v) is 3.75. The molecular formula is C11H13FN2O4S. The molecule has 0 spiro atoms. The predicted molar refractivity (Wildman–Crippen MR) is 68.4 cm³/mol. The molecule has 1 N–H and O–H groups in total. The Morgan fingerprint density at radius 3 is 2.74 bits per heavy atom. The van der Waals surface area contributed by atoms with Gasteiger partial charge in [0.1, 0.15) is 0 Å². The van der Waals surface area contributed by atoms with Crippen LogP contribution in [0, 0.1) is 15.9 Å². The topological polar surface area (TPSA) is 89.3 Å². The summed E-state index contributed by atoms with van der Waals surface area (Å²) in [6.45, 7) is 0. The first-order valence-electron chi connectivity index (χ1n) is 5.78. The number of nitro groups is 1. The maximum atomic E-state index is 13.4. The number of nitrogens with zero attached hydrogens (tertiary/aromatic N) is 1. The average molecular weight is 288 g/mol. The lowest BCUT2D eigenvalue weighted by Gasteiger charge is -2.23. The van der Waals surface area contributed by atoms with Crippen molar-refractivity contribution in [3.8, 4) is 0 Å². The molecule has 104 valence electrons. The van der Waals surface area contributed by atoms with Gasteiger partial charge in [0.2, 0.25) is 5.82 Å². The lowest BCUT2D eigenvalue weighted by Crippen LogP contribution is -2.34. The largest absolute Gasteiger partial charge is 0.381 e. The van der Waals surface area contributed by atoms with E-state index in [1.165, 1.54) is 6.07 Å². The fourth-order valence-electron chi connectivity index (χ4n) is 2.12. The zero-order chi connectivity index (χ0) is 14.0. The Morgan fingerprint density at radius 2 is 2.16 bits per heavy atom. The van der Waals surface area contributed by atoms with Gasteiger partial charge < -0.3 is 5.32 Å². The van der Waals surface area contributed by atoms with E-state index >= 15 is 0 Å². The highest BCUT2D eigenvalue weighted by atomic mass is 32.2. The van der Waals surface area contributed by atoms with Crippen molar-refractivity contribution in [1.29, 1.82) is 0 Å². The first kappa shape index (κ1) is 13.7. The number of hydrogen-bond acceptors (Lipinski definition) is 5. The first-order chi connectivity index (χ1) is 8.87. The molecule has 0 aromatic heterocycles. The summed E-state index contributed by atoms with van der Waals surface area (Å²) in [5.74, 6) is -0.750. The summed E-state index contributed by atoms with van der Waals surface area (Å²) < 4.78 is 36.3. The van der Waals surface area contributed by atoms with Crippen LogP contribution in [0.4, 0.5) is 15.8 Å². The van der Waals surface area contributed by atoms with Crippen LogP contribution in [0.15, 0.2) is 18.2 Å². The summed E-state index contributed by atoms with van der Waals surface area (Å²) in [5.41, 5.74) is -0.244. The number of nitro benzene ring substituents is 1. The van der Waals surface area contributed by atoms with Crippen LogP contribution in [0.3, 0.4) is 0 Å². The third-order valence-electron chi connectivity index (χ3n) is 2.98. The normalized spacial score (nSPS) is 21.8. The van der Waals surface area contributed by atoms with E-state index in [4.69, 9.17) is 0 Å². The molecule has 1 fully saturated rings. The molecule has 1 aliphatic heterocycles. The van der Waals surface area contributed by atoms with Crippen molar-refractivity contribution in [2.75, 3.05) is 16.8 Å². The molecule has 1 atom stereocenters. The quantitative estimate of drug-likeness (QED) is 0.675. The van der Waals surface area contributed by atoms with Crippen LogP contribution in [-0.2, 0) is 9.84 Å². The molecule has 1 saturated heterocycles. The van der Waals surface area contributed by atoms with Crippen molar-refractivity contribution in [2.45, 2.75) is 18.9 Å². The van der Waals surface area contributed by atoms with Gasteiger partial charge in [-0.1, -0.05) is 0 Å². The zero-order valence-electron chi connectivity index (χ0n) is 10.0. The van der Waals surface area contributed by atoms with Crippen molar-refractivity contribution in [3.05, 3.63) is 34.1 Å². The van der Waals surface area contributed by atoms with E-state index in [0.29, 0.717) is 18.5 Å². The smallest absolute Gasteiger partial charge is 0.304 e. The molecule has 2 rings (SSSR count). The highest BCUT2D eigenvalue weighted by molar-refractivity contribution is 7.91. The Labute approximate surface area is 109 Å². The molecule has 0 bridgehead atoms. The maximum absolute atomic E-state index is 13.4. The average Bonchev–Trinajstić information content (AvgIpc) is 2.27. The zero-order valence-corrected chi connectivity index (χ0v) is 10.8. The Balaban J connectivity index is 2.11. The van der Waals surface area contributed by atoms with Crippen LogP contribution in [-0.4, -0.2) is 30.9 Å². The molecule has 1 aromatic rings.